The zero-order valence-electron chi connectivity index (χ0n) is 14.6. The van der Waals surface area contributed by atoms with Crippen LogP contribution in [0.1, 0.15) is 16.7 Å². The molecule has 0 fully saturated rings. The summed E-state index contributed by atoms with van der Waals surface area (Å²) < 4.78 is 2.59. The van der Waals surface area contributed by atoms with Gasteiger partial charge < -0.3 is 0 Å². The average molecular weight is 337 g/mol. The van der Waals surface area contributed by atoms with Gasteiger partial charge in [-0.2, -0.15) is 0 Å². The summed E-state index contributed by atoms with van der Waals surface area (Å²) in [4.78, 5) is 0. The number of nitrogens with zero attached hydrogens (tertiary/aromatic N) is 1. The van der Waals surface area contributed by atoms with Gasteiger partial charge >= 0.3 is 150 Å². The molecule has 0 bridgehead atoms. The topological polar surface area (TPSA) is 4.93 Å². The second-order valence-electron chi connectivity index (χ2n) is 7.51. The molecule has 0 spiro atoms. The molecular formula is C22H20BNSi. The first-order valence-corrected chi connectivity index (χ1v) is 12.0. The molecule has 0 saturated heterocycles. The van der Waals surface area contributed by atoms with E-state index in [-0.39, 0.29) is 0 Å². The van der Waals surface area contributed by atoms with Crippen molar-refractivity contribution in [3.8, 4) is 11.1 Å². The van der Waals surface area contributed by atoms with Gasteiger partial charge in [0.1, 0.15) is 0 Å². The molecule has 1 heterocycles. The van der Waals surface area contributed by atoms with E-state index in [0.29, 0.717) is 5.54 Å². The van der Waals surface area contributed by atoms with Crippen LogP contribution in [0.2, 0.25) is 13.1 Å². The Kier molecular flexibility index (Phi) is 3.16. The molecule has 0 unspecified atom stereocenters. The second kappa shape index (κ2) is 5.30. The van der Waals surface area contributed by atoms with Gasteiger partial charge in [0.15, 0.2) is 0 Å². The normalized spacial score (nSPS) is 13.7. The van der Waals surface area contributed by atoms with Crippen LogP contribution in [0.25, 0.3) is 22.0 Å². The number of fused-ring (bicyclic) bond motifs is 4. The summed E-state index contributed by atoms with van der Waals surface area (Å²) in [5.74, 6) is 2.26. The van der Waals surface area contributed by atoms with Crippen molar-refractivity contribution in [3.63, 3.8) is 0 Å². The molecule has 0 aliphatic heterocycles. The van der Waals surface area contributed by atoms with Gasteiger partial charge in [-0.15, -0.1) is 0 Å². The summed E-state index contributed by atoms with van der Waals surface area (Å²) in [6.07, 6.45) is 0. The predicted octanol–water partition coefficient (Wildman–Crippen LogP) is 5.38. The third-order valence-corrected chi connectivity index (χ3v) is 9.43. The second-order valence-corrected chi connectivity index (χ2v) is 11.9. The van der Waals surface area contributed by atoms with Crippen LogP contribution in [-0.4, -0.2) is 19.4 Å². The summed E-state index contributed by atoms with van der Waals surface area (Å²) in [5, 5.41) is 1.34. The van der Waals surface area contributed by atoms with Crippen LogP contribution < -0.4 is 0 Å². The van der Waals surface area contributed by atoms with E-state index >= 15 is 0 Å². The van der Waals surface area contributed by atoms with Crippen molar-refractivity contribution in [1.29, 1.82) is 0 Å². The quantitative estimate of drug-likeness (QED) is 0.433. The van der Waals surface area contributed by atoms with E-state index in [1.807, 2.05) is 0 Å². The molecule has 0 radical (unpaired) electrons. The molecule has 1 aliphatic carbocycles. The summed E-state index contributed by atoms with van der Waals surface area (Å²) in [5.41, 5.74) is 7.67. The number of rotatable bonds is 2. The maximum atomic E-state index is 2.59. The minimum absolute atomic E-state index is 0.482. The summed E-state index contributed by atoms with van der Waals surface area (Å²) >= 11 is 0. The van der Waals surface area contributed by atoms with E-state index in [1.54, 1.807) is 0 Å². The molecule has 1 aromatic heterocycles. The molecular weight excluding hydrogens is 317 g/mol. The van der Waals surface area contributed by atoms with Crippen molar-refractivity contribution in [2.24, 2.45) is 0 Å². The van der Waals surface area contributed by atoms with Gasteiger partial charge in [-0.05, 0) is 0 Å². The van der Waals surface area contributed by atoms with Crippen molar-refractivity contribution >= 4 is 26.2 Å². The third-order valence-electron chi connectivity index (χ3n) is 5.76. The molecule has 1 aliphatic rings. The van der Waals surface area contributed by atoms with Gasteiger partial charge in [-0.25, -0.2) is 0 Å². The van der Waals surface area contributed by atoms with Crippen molar-refractivity contribution in [2.75, 3.05) is 0 Å². The summed E-state index contributed by atoms with van der Waals surface area (Å²) in [7, 11) is 0.462. The first-order valence-electron chi connectivity index (χ1n) is 8.93. The van der Waals surface area contributed by atoms with Crippen LogP contribution in [0.5, 0.6) is 0 Å². The minimum atomic E-state index is -1.84. The fourth-order valence-electron chi connectivity index (χ4n) is 4.64. The Balaban J connectivity index is 1.77. The fraction of sp³-hybridized carbons (Fsp3) is 0.136. The van der Waals surface area contributed by atoms with Gasteiger partial charge in [-0.3, -0.25) is 0 Å². The Morgan fingerprint density at radius 1 is 0.760 bits per heavy atom. The van der Waals surface area contributed by atoms with E-state index in [2.05, 4.69) is 103 Å². The molecule has 4 aromatic rings. The Morgan fingerprint density at radius 2 is 1.32 bits per heavy atom. The van der Waals surface area contributed by atoms with Crippen molar-refractivity contribution in [1.82, 2.24) is 4.14 Å². The standard InChI is InChI=1S/C22H20BNSi/c1-25(2,24-21-14-8-3-9-16(21)15-23-24)22-19-12-6-4-10-17(19)18-11-5-7-13-20(18)22/h3-15,22H,1-2H3. The number of benzene rings is 3. The van der Waals surface area contributed by atoms with E-state index < -0.39 is 8.24 Å². The van der Waals surface area contributed by atoms with Gasteiger partial charge in [0, 0.05) is 0 Å². The monoisotopic (exact) mass is 337 g/mol. The van der Waals surface area contributed by atoms with E-state index in [1.165, 1.54) is 33.2 Å². The molecule has 5 rings (SSSR count). The molecule has 0 saturated carbocycles. The van der Waals surface area contributed by atoms with E-state index in [4.69, 9.17) is 0 Å². The molecule has 3 heteroatoms. The van der Waals surface area contributed by atoms with Crippen LogP contribution >= 0.6 is 0 Å². The fourth-order valence-corrected chi connectivity index (χ4v) is 8.23. The van der Waals surface area contributed by atoms with Gasteiger partial charge in [-0.1, -0.05) is 0 Å². The number of hydrogen-bond donors (Lipinski definition) is 0. The van der Waals surface area contributed by atoms with Gasteiger partial charge in [0.2, 0.25) is 0 Å². The third kappa shape index (κ3) is 2.05. The first-order chi connectivity index (χ1) is 12.2. The Morgan fingerprint density at radius 3 is 2.00 bits per heavy atom. The average Bonchev–Trinajstić information content (AvgIpc) is 3.22. The summed E-state index contributed by atoms with van der Waals surface area (Å²) in [6.45, 7) is 5.01. The zero-order valence-corrected chi connectivity index (χ0v) is 15.6. The Labute approximate surface area is 150 Å². The van der Waals surface area contributed by atoms with E-state index in [9.17, 15) is 0 Å². The molecule has 1 nitrogen and oxygen atoms in total. The number of aromatic nitrogens is 1. The molecule has 0 N–H and O–H groups in total. The van der Waals surface area contributed by atoms with Crippen LogP contribution in [0.4, 0.5) is 0 Å². The van der Waals surface area contributed by atoms with Crippen LogP contribution in [0.3, 0.4) is 0 Å². The van der Waals surface area contributed by atoms with Crippen molar-refractivity contribution in [2.45, 2.75) is 18.6 Å². The number of para-hydroxylation sites is 1. The zero-order chi connectivity index (χ0) is 17.0. The molecule has 0 amide bonds. The van der Waals surface area contributed by atoms with Crippen molar-refractivity contribution in [3.05, 3.63) is 89.9 Å². The van der Waals surface area contributed by atoms with Crippen molar-refractivity contribution < 1.29 is 0 Å². The SMILES string of the molecule is C[Si](C)(C1c2ccccc2-c2ccccc21)n1bcc2ccccc21. The van der Waals surface area contributed by atoms with Gasteiger partial charge in [0.05, 0.1) is 0 Å². The van der Waals surface area contributed by atoms with Crippen LogP contribution in [0.15, 0.2) is 78.8 Å². The van der Waals surface area contributed by atoms with Crippen LogP contribution in [-0.2, 0) is 0 Å². The maximum absolute atomic E-state index is 2.59. The molecule has 0 atom stereocenters. The summed E-state index contributed by atoms with van der Waals surface area (Å²) in [6, 6.07) is 26.7. The Hall–Kier alpha value is -2.39. The molecule has 3 aromatic carbocycles. The predicted molar refractivity (Wildman–Crippen MR) is 110 cm³/mol. The molecule has 25 heavy (non-hydrogen) atoms. The first kappa shape index (κ1) is 14.9. The molecule has 120 valence electrons. The van der Waals surface area contributed by atoms with Gasteiger partial charge in [0.25, 0.3) is 0 Å². The Bertz CT molecular complexity index is 1050. The number of hydrogen-bond acceptors (Lipinski definition) is 0. The van der Waals surface area contributed by atoms with Crippen LogP contribution in [0, 0.1) is 0 Å². The van der Waals surface area contributed by atoms with E-state index in [0.717, 1.165) is 0 Å².